The minimum Gasteiger partial charge on any atom is -0.486 e. The SMILES string of the molecule is CCN(CC(=O)Nc1ccc2c(c1)OCCO2)C(=O)C(C)C. The summed E-state index contributed by atoms with van der Waals surface area (Å²) in [6, 6.07) is 5.25. The van der Waals surface area contributed by atoms with Crippen LogP contribution in [0.4, 0.5) is 5.69 Å². The van der Waals surface area contributed by atoms with Crippen molar-refractivity contribution in [3.8, 4) is 11.5 Å². The Morgan fingerprint density at radius 1 is 1.23 bits per heavy atom. The number of carbonyl (C=O) groups excluding carboxylic acids is 2. The molecule has 6 heteroatoms. The summed E-state index contributed by atoms with van der Waals surface area (Å²) in [4.78, 5) is 25.6. The molecule has 0 bridgehead atoms. The molecule has 1 aromatic rings. The molecule has 2 rings (SSSR count). The molecule has 0 saturated heterocycles. The number of rotatable bonds is 5. The van der Waals surface area contributed by atoms with Gasteiger partial charge in [0.05, 0.1) is 6.54 Å². The minimum atomic E-state index is -0.229. The predicted octanol–water partition coefficient (Wildman–Crippen LogP) is 1.90. The van der Waals surface area contributed by atoms with Crippen molar-refractivity contribution in [2.24, 2.45) is 5.92 Å². The third-order valence-electron chi connectivity index (χ3n) is 3.35. The molecule has 1 aromatic carbocycles. The number of likely N-dealkylation sites (N-methyl/N-ethyl adjacent to an activating group) is 1. The molecule has 0 spiro atoms. The summed E-state index contributed by atoms with van der Waals surface area (Å²) in [5, 5.41) is 2.78. The quantitative estimate of drug-likeness (QED) is 0.902. The van der Waals surface area contributed by atoms with E-state index in [2.05, 4.69) is 5.32 Å². The molecule has 22 heavy (non-hydrogen) atoms. The average molecular weight is 306 g/mol. The van der Waals surface area contributed by atoms with Gasteiger partial charge < -0.3 is 19.7 Å². The molecule has 0 aromatic heterocycles. The number of amides is 2. The molecule has 0 radical (unpaired) electrons. The lowest BCUT2D eigenvalue weighted by atomic mass is 10.2. The van der Waals surface area contributed by atoms with Crippen LogP contribution in [0.2, 0.25) is 0 Å². The van der Waals surface area contributed by atoms with Crippen LogP contribution in [0, 0.1) is 5.92 Å². The molecule has 0 fully saturated rings. The predicted molar refractivity (Wildman–Crippen MR) is 83.2 cm³/mol. The Morgan fingerprint density at radius 3 is 2.55 bits per heavy atom. The molecule has 0 atom stereocenters. The van der Waals surface area contributed by atoms with Gasteiger partial charge in [-0.25, -0.2) is 0 Å². The molecule has 0 saturated carbocycles. The maximum Gasteiger partial charge on any atom is 0.243 e. The van der Waals surface area contributed by atoms with Gasteiger partial charge in [0.2, 0.25) is 11.8 Å². The highest BCUT2D eigenvalue weighted by Crippen LogP contribution is 2.32. The lowest BCUT2D eigenvalue weighted by Gasteiger charge is -2.22. The first kappa shape index (κ1) is 16.1. The second kappa shape index (κ2) is 7.15. The average Bonchev–Trinajstić information content (AvgIpc) is 2.51. The van der Waals surface area contributed by atoms with E-state index in [1.54, 1.807) is 18.2 Å². The van der Waals surface area contributed by atoms with Crippen LogP contribution in [0.15, 0.2) is 18.2 Å². The Hall–Kier alpha value is -2.24. The Kier molecular flexibility index (Phi) is 5.25. The van der Waals surface area contributed by atoms with E-state index in [1.165, 1.54) is 4.90 Å². The molecule has 1 aliphatic heterocycles. The summed E-state index contributed by atoms with van der Waals surface area (Å²) in [7, 11) is 0. The zero-order chi connectivity index (χ0) is 16.1. The number of fused-ring (bicyclic) bond motifs is 1. The van der Waals surface area contributed by atoms with Gasteiger partial charge in [0.25, 0.3) is 0 Å². The van der Waals surface area contributed by atoms with Gasteiger partial charge in [-0.15, -0.1) is 0 Å². The number of hydrogen-bond acceptors (Lipinski definition) is 4. The minimum absolute atomic E-state index is 0.0279. The molecule has 120 valence electrons. The lowest BCUT2D eigenvalue weighted by Crippen LogP contribution is -2.40. The van der Waals surface area contributed by atoms with E-state index < -0.39 is 0 Å². The maximum atomic E-state index is 12.1. The molecule has 1 N–H and O–H groups in total. The summed E-state index contributed by atoms with van der Waals surface area (Å²) in [5.74, 6) is 0.915. The Labute approximate surface area is 130 Å². The smallest absolute Gasteiger partial charge is 0.243 e. The van der Waals surface area contributed by atoms with Crippen LogP contribution in [0.25, 0.3) is 0 Å². The molecule has 1 aliphatic rings. The topological polar surface area (TPSA) is 67.9 Å². The van der Waals surface area contributed by atoms with Gasteiger partial charge in [-0.1, -0.05) is 13.8 Å². The van der Waals surface area contributed by atoms with Crippen molar-refractivity contribution in [2.75, 3.05) is 31.6 Å². The number of anilines is 1. The zero-order valence-corrected chi connectivity index (χ0v) is 13.2. The highest BCUT2D eigenvalue weighted by Gasteiger charge is 2.19. The van der Waals surface area contributed by atoms with Crippen LogP contribution >= 0.6 is 0 Å². The van der Waals surface area contributed by atoms with E-state index in [0.29, 0.717) is 36.9 Å². The van der Waals surface area contributed by atoms with Crippen molar-refractivity contribution in [2.45, 2.75) is 20.8 Å². The van der Waals surface area contributed by atoms with Crippen LogP contribution in [0.3, 0.4) is 0 Å². The summed E-state index contributed by atoms with van der Waals surface area (Å²) >= 11 is 0. The largest absolute Gasteiger partial charge is 0.486 e. The normalized spacial score (nSPS) is 12.9. The third-order valence-corrected chi connectivity index (χ3v) is 3.35. The number of hydrogen-bond donors (Lipinski definition) is 1. The van der Waals surface area contributed by atoms with Crippen LogP contribution in [0.1, 0.15) is 20.8 Å². The highest BCUT2D eigenvalue weighted by atomic mass is 16.6. The van der Waals surface area contributed by atoms with Crippen molar-refractivity contribution in [1.29, 1.82) is 0 Å². The first-order chi connectivity index (χ1) is 10.5. The summed E-state index contributed by atoms with van der Waals surface area (Å²) in [6.45, 7) is 7.08. The van der Waals surface area contributed by atoms with Crippen molar-refractivity contribution >= 4 is 17.5 Å². The van der Waals surface area contributed by atoms with Gasteiger partial charge in [-0.2, -0.15) is 0 Å². The molecular weight excluding hydrogens is 284 g/mol. The van der Waals surface area contributed by atoms with E-state index in [1.807, 2.05) is 20.8 Å². The fraction of sp³-hybridized carbons (Fsp3) is 0.500. The fourth-order valence-corrected chi connectivity index (χ4v) is 2.21. The van der Waals surface area contributed by atoms with Gasteiger partial charge in [0, 0.05) is 24.2 Å². The number of carbonyl (C=O) groups is 2. The highest BCUT2D eigenvalue weighted by molar-refractivity contribution is 5.95. The van der Waals surface area contributed by atoms with Crippen molar-refractivity contribution < 1.29 is 19.1 Å². The summed E-state index contributed by atoms with van der Waals surface area (Å²) < 4.78 is 10.9. The zero-order valence-electron chi connectivity index (χ0n) is 13.2. The second-order valence-electron chi connectivity index (χ2n) is 5.41. The number of benzene rings is 1. The Morgan fingerprint density at radius 2 is 1.91 bits per heavy atom. The molecule has 2 amide bonds. The Bertz CT molecular complexity index is 557. The van der Waals surface area contributed by atoms with Crippen LogP contribution in [-0.4, -0.2) is 43.0 Å². The lowest BCUT2D eigenvalue weighted by molar-refractivity contribution is -0.137. The number of nitrogens with one attached hydrogen (secondary N) is 1. The monoisotopic (exact) mass is 306 g/mol. The van der Waals surface area contributed by atoms with Crippen LogP contribution in [-0.2, 0) is 9.59 Å². The van der Waals surface area contributed by atoms with Crippen LogP contribution in [0.5, 0.6) is 11.5 Å². The van der Waals surface area contributed by atoms with Gasteiger partial charge in [-0.3, -0.25) is 9.59 Å². The number of ether oxygens (including phenoxy) is 2. The first-order valence-corrected chi connectivity index (χ1v) is 7.49. The van der Waals surface area contributed by atoms with Gasteiger partial charge in [-0.05, 0) is 19.1 Å². The van der Waals surface area contributed by atoms with Crippen LogP contribution < -0.4 is 14.8 Å². The summed E-state index contributed by atoms with van der Waals surface area (Å²) in [5.41, 5.74) is 0.627. The van der Waals surface area contributed by atoms with E-state index in [-0.39, 0.29) is 24.3 Å². The van der Waals surface area contributed by atoms with Gasteiger partial charge in [0.15, 0.2) is 11.5 Å². The van der Waals surface area contributed by atoms with Crippen molar-refractivity contribution in [1.82, 2.24) is 4.90 Å². The van der Waals surface area contributed by atoms with Gasteiger partial charge >= 0.3 is 0 Å². The first-order valence-electron chi connectivity index (χ1n) is 7.49. The van der Waals surface area contributed by atoms with E-state index in [4.69, 9.17) is 9.47 Å². The molecule has 1 heterocycles. The van der Waals surface area contributed by atoms with E-state index in [0.717, 1.165) is 0 Å². The maximum absolute atomic E-state index is 12.1. The molecule has 0 unspecified atom stereocenters. The van der Waals surface area contributed by atoms with Gasteiger partial charge in [0.1, 0.15) is 13.2 Å². The van der Waals surface area contributed by atoms with E-state index in [9.17, 15) is 9.59 Å². The molecule has 0 aliphatic carbocycles. The molecule has 6 nitrogen and oxygen atoms in total. The summed E-state index contributed by atoms with van der Waals surface area (Å²) in [6.07, 6.45) is 0. The second-order valence-corrected chi connectivity index (χ2v) is 5.41. The fourth-order valence-electron chi connectivity index (χ4n) is 2.21. The van der Waals surface area contributed by atoms with Crippen molar-refractivity contribution in [3.63, 3.8) is 0 Å². The van der Waals surface area contributed by atoms with Crippen molar-refractivity contribution in [3.05, 3.63) is 18.2 Å². The Balaban J connectivity index is 1.98. The third kappa shape index (κ3) is 3.90. The standard InChI is InChI=1S/C16H22N2O4/c1-4-18(16(20)11(2)3)10-15(19)17-12-5-6-13-14(9-12)22-8-7-21-13/h5-6,9,11H,4,7-8,10H2,1-3H3,(H,17,19). The molecular formula is C16H22N2O4. The van der Waals surface area contributed by atoms with E-state index >= 15 is 0 Å². The number of nitrogens with zero attached hydrogens (tertiary/aromatic N) is 1.